The molecule has 0 aliphatic carbocycles. The van der Waals surface area contributed by atoms with Gasteiger partial charge in [-0.1, -0.05) is 149 Å². The molecule has 0 unspecified atom stereocenters. The van der Waals surface area contributed by atoms with Gasteiger partial charge in [0.25, 0.3) is 0 Å². The molecule has 0 amide bonds. The van der Waals surface area contributed by atoms with Crippen molar-refractivity contribution in [1.82, 2.24) is 4.48 Å². The lowest BCUT2D eigenvalue weighted by atomic mass is 9.49. The fourth-order valence-electron chi connectivity index (χ4n) is 6.46. The van der Waals surface area contributed by atoms with E-state index in [0.717, 1.165) is 0 Å². The molecule has 3 heteroatoms. The molecular weight excluding hydrogens is 461 g/mol. The van der Waals surface area contributed by atoms with Gasteiger partial charge in [-0.2, -0.15) is 0 Å². The number of rotatable bonds is 1. The Morgan fingerprint density at radius 2 is 0.973 bits per heavy atom. The third kappa shape index (κ3) is 3.66. The molecule has 1 aliphatic heterocycles. The van der Waals surface area contributed by atoms with Gasteiger partial charge in [0.15, 0.2) is 0 Å². The topological polar surface area (TPSA) is 4.93 Å². The van der Waals surface area contributed by atoms with Gasteiger partial charge >= 0.3 is 6.85 Å². The molecular formula is C34H38BNSi. The van der Waals surface area contributed by atoms with Crippen LogP contribution in [0.4, 0.5) is 0 Å². The van der Waals surface area contributed by atoms with E-state index in [0.29, 0.717) is 0 Å². The van der Waals surface area contributed by atoms with Gasteiger partial charge in [0.05, 0.1) is 0 Å². The minimum atomic E-state index is -1.82. The van der Waals surface area contributed by atoms with E-state index in [4.69, 9.17) is 0 Å². The van der Waals surface area contributed by atoms with Gasteiger partial charge in [0, 0.05) is 21.8 Å². The Hall–Kier alpha value is -3.04. The van der Waals surface area contributed by atoms with Gasteiger partial charge in [0.1, 0.15) is 8.07 Å². The average Bonchev–Trinajstić information content (AvgIpc) is 3.16. The summed E-state index contributed by atoms with van der Waals surface area (Å²) in [5.74, 6) is 0. The van der Waals surface area contributed by atoms with E-state index in [9.17, 15) is 0 Å². The number of aromatic nitrogens is 1. The third-order valence-corrected chi connectivity index (χ3v) is 12.3. The Labute approximate surface area is 223 Å². The molecule has 0 saturated heterocycles. The maximum Gasteiger partial charge on any atom is 0.327 e. The highest BCUT2D eigenvalue weighted by Crippen LogP contribution is 2.36. The number of fused-ring (bicyclic) bond motifs is 5. The van der Waals surface area contributed by atoms with Crippen LogP contribution in [0.15, 0.2) is 84.9 Å². The first kappa shape index (κ1) is 24.3. The molecule has 1 aliphatic rings. The van der Waals surface area contributed by atoms with E-state index in [1.54, 1.807) is 10.4 Å². The molecule has 0 saturated carbocycles. The lowest BCUT2D eigenvalue weighted by Gasteiger charge is -2.37. The van der Waals surface area contributed by atoms with Crippen molar-refractivity contribution in [3.63, 3.8) is 0 Å². The molecule has 0 atom stereocenters. The van der Waals surface area contributed by atoms with Crippen molar-refractivity contribution >= 4 is 58.0 Å². The zero-order valence-electron chi connectivity index (χ0n) is 23.6. The van der Waals surface area contributed by atoms with Crippen molar-refractivity contribution in [2.45, 2.75) is 65.5 Å². The Morgan fingerprint density at radius 3 is 1.38 bits per heavy atom. The summed E-state index contributed by atoms with van der Waals surface area (Å²) in [5.41, 5.74) is 8.55. The largest absolute Gasteiger partial charge is 0.376 e. The molecule has 1 aromatic heterocycles. The highest BCUT2D eigenvalue weighted by Gasteiger charge is 2.42. The highest BCUT2D eigenvalue weighted by molar-refractivity contribution is 7.10. The SMILES string of the molecule is CC(C)(C)c1ccc2c3ccc(C(C)(C)C)cc3n(B3c4ccccc4[Si](C)(C)c4ccccc43)c2c1. The van der Waals surface area contributed by atoms with Crippen LogP contribution in [0.5, 0.6) is 0 Å². The van der Waals surface area contributed by atoms with Crippen LogP contribution in [0, 0.1) is 0 Å². The molecule has 0 radical (unpaired) electrons. The lowest BCUT2D eigenvalue weighted by Crippen LogP contribution is -2.75. The minimum Gasteiger partial charge on any atom is -0.376 e. The minimum absolute atomic E-state index is 0.0866. The number of hydrogen-bond donors (Lipinski definition) is 0. The van der Waals surface area contributed by atoms with Gasteiger partial charge in [-0.05, 0) is 34.1 Å². The highest BCUT2D eigenvalue weighted by atomic mass is 28.3. The van der Waals surface area contributed by atoms with Crippen LogP contribution >= 0.6 is 0 Å². The van der Waals surface area contributed by atoms with Gasteiger partial charge in [0.2, 0.25) is 0 Å². The Balaban J connectivity index is 1.79. The summed E-state index contributed by atoms with van der Waals surface area (Å²) in [6.45, 7) is 19.1. The second-order valence-electron chi connectivity index (χ2n) is 13.5. The lowest BCUT2D eigenvalue weighted by molar-refractivity contribution is 0.591. The van der Waals surface area contributed by atoms with Gasteiger partial charge in [-0.15, -0.1) is 0 Å². The molecule has 0 fully saturated rings. The van der Waals surface area contributed by atoms with E-state index < -0.39 is 8.07 Å². The zero-order valence-corrected chi connectivity index (χ0v) is 24.6. The second kappa shape index (κ2) is 7.98. The monoisotopic (exact) mass is 499 g/mol. The van der Waals surface area contributed by atoms with E-state index in [1.807, 2.05) is 0 Å². The van der Waals surface area contributed by atoms with E-state index in [-0.39, 0.29) is 17.7 Å². The second-order valence-corrected chi connectivity index (χ2v) is 17.9. The molecule has 0 spiro atoms. The first-order chi connectivity index (χ1) is 17.4. The van der Waals surface area contributed by atoms with E-state index in [2.05, 4.69) is 144 Å². The number of nitrogens with zero attached hydrogens (tertiary/aromatic N) is 1. The summed E-state index contributed by atoms with van der Waals surface area (Å²) >= 11 is 0. The molecule has 4 aromatic carbocycles. The molecule has 1 nitrogen and oxygen atoms in total. The van der Waals surface area contributed by atoms with Crippen molar-refractivity contribution < 1.29 is 0 Å². The summed E-state index contributed by atoms with van der Waals surface area (Å²) < 4.78 is 2.68. The molecule has 0 bridgehead atoms. The Bertz CT molecular complexity index is 1560. The summed E-state index contributed by atoms with van der Waals surface area (Å²) in [6.07, 6.45) is 0. The summed E-state index contributed by atoms with van der Waals surface area (Å²) in [7, 11) is -1.82. The number of hydrogen-bond acceptors (Lipinski definition) is 0. The zero-order chi connectivity index (χ0) is 26.3. The predicted octanol–water partition coefficient (Wildman–Crippen LogP) is 6.18. The van der Waals surface area contributed by atoms with Crippen LogP contribution < -0.4 is 21.3 Å². The van der Waals surface area contributed by atoms with Crippen LogP contribution in [0.25, 0.3) is 21.8 Å². The van der Waals surface area contributed by atoms with E-state index >= 15 is 0 Å². The summed E-state index contributed by atoms with van der Waals surface area (Å²) in [5, 5.41) is 5.82. The molecule has 0 N–H and O–H groups in total. The molecule has 6 rings (SSSR count). The summed E-state index contributed by atoms with van der Waals surface area (Å²) in [6, 6.07) is 32.9. The Morgan fingerprint density at radius 1 is 0.568 bits per heavy atom. The van der Waals surface area contributed by atoms with Gasteiger partial charge in [-0.25, -0.2) is 0 Å². The quantitative estimate of drug-likeness (QED) is 0.243. The van der Waals surface area contributed by atoms with Gasteiger partial charge < -0.3 is 4.48 Å². The third-order valence-electron chi connectivity index (χ3n) is 8.65. The van der Waals surface area contributed by atoms with Crippen molar-refractivity contribution in [2.24, 2.45) is 0 Å². The average molecular weight is 500 g/mol. The van der Waals surface area contributed by atoms with Crippen molar-refractivity contribution in [2.75, 3.05) is 0 Å². The van der Waals surface area contributed by atoms with Crippen LogP contribution in [-0.2, 0) is 10.8 Å². The first-order valence-electron chi connectivity index (χ1n) is 13.7. The molecule has 2 heterocycles. The maximum atomic E-state index is 2.68. The van der Waals surface area contributed by atoms with Crippen LogP contribution in [0.2, 0.25) is 13.1 Å². The fourth-order valence-corrected chi connectivity index (χ4v) is 9.66. The van der Waals surface area contributed by atoms with Crippen LogP contribution in [0.3, 0.4) is 0 Å². The van der Waals surface area contributed by atoms with E-state index in [1.165, 1.54) is 43.9 Å². The van der Waals surface area contributed by atoms with Crippen molar-refractivity contribution in [1.29, 1.82) is 0 Å². The normalized spacial score (nSPS) is 15.2. The number of benzene rings is 4. The predicted molar refractivity (Wildman–Crippen MR) is 167 cm³/mol. The van der Waals surface area contributed by atoms with Crippen molar-refractivity contribution in [3.05, 3.63) is 96.1 Å². The molecule has 5 aromatic rings. The first-order valence-corrected chi connectivity index (χ1v) is 16.7. The molecule has 186 valence electrons. The van der Waals surface area contributed by atoms with Gasteiger partial charge in [-0.3, -0.25) is 0 Å². The van der Waals surface area contributed by atoms with Crippen molar-refractivity contribution in [3.8, 4) is 0 Å². The van der Waals surface area contributed by atoms with Crippen LogP contribution in [-0.4, -0.2) is 19.4 Å². The van der Waals surface area contributed by atoms with Crippen LogP contribution in [0.1, 0.15) is 52.7 Å². The Kier molecular flexibility index (Phi) is 5.24. The fraction of sp³-hybridized carbons (Fsp3) is 0.294. The smallest absolute Gasteiger partial charge is 0.327 e. The molecule has 37 heavy (non-hydrogen) atoms. The summed E-state index contributed by atoms with van der Waals surface area (Å²) in [4.78, 5) is 0. The maximum absolute atomic E-state index is 2.68. The standard InChI is InChI=1S/C34H38BNSi/c1-33(2,3)23-17-19-25-26-20-18-24(34(4,5)6)22-30(26)36(29(25)21-23)35-27-13-9-11-15-31(27)37(7,8)32-16-12-10-14-28(32)35/h9-22H,1-8H3.